The molecule has 0 bridgehead atoms. The molecule has 0 spiro atoms. The van der Waals surface area contributed by atoms with Crippen LogP contribution in [0.3, 0.4) is 0 Å². The Morgan fingerprint density at radius 1 is 1.45 bits per heavy atom. The van der Waals surface area contributed by atoms with Gasteiger partial charge < -0.3 is 5.84 Å². The highest BCUT2D eigenvalue weighted by Gasteiger charge is 1.93. The number of aryl methyl sites for hydroxylation is 1. The Morgan fingerprint density at radius 2 is 2.18 bits per heavy atom. The van der Waals surface area contributed by atoms with Crippen LogP contribution in [0, 0.1) is 12.7 Å². The maximum atomic E-state index is 12.6. The molecule has 0 aromatic heterocycles. The quantitative estimate of drug-likeness (QED) is 0.369. The normalized spacial score (nSPS) is 10.7. The van der Waals surface area contributed by atoms with E-state index in [1.807, 2.05) is 6.92 Å². The van der Waals surface area contributed by atoms with Crippen molar-refractivity contribution in [2.24, 2.45) is 10.9 Å². The van der Waals surface area contributed by atoms with E-state index in [4.69, 9.17) is 5.84 Å². The molecule has 0 fully saturated rings. The van der Waals surface area contributed by atoms with Gasteiger partial charge in [-0.25, -0.2) is 4.39 Å². The topological polar surface area (TPSA) is 38.4 Å². The Bertz CT molecular complexity index is 261. The molecule has 0 amide bonds. The van der Waals surface area contributed by atoms with E-state index in [1.54, 1.807) is 6.07 Å². The second kappa shape index (κ2) is 3.14. The molecule has 0 aliphatic heterocycles. The van der Waals surface area contributed by atoms with Crippen molar-refractivity contribution in [3.8, 4) is 0 Å². The standard InChI is InChI=1S/C8H9FN2/c1-6-2-7(5-11-10)4-8(9)3-6/h2-5H,10H2,1H3. The van der Waals surface area contributed by atoms with Gasteiger partial charge in [-0.3, -0.25) is 0 Å². The maximum Gasteiger partial charge on any atom is 0.124 e. The van der Waals surface area contributed by atoms with Gasteiger partial charge in [0.05, 0.1) is 6.21 Å². The van der Waals surface area contributed by atoms with Gasteiger partial charge in [0.2, 0.25) is 0 Å². The van der Waals surface area contributed by atoms with Crippen LogP contribution < -0.4 is 5.84 Å². The lowest BCUT2D eigenvalue weighted by atomic mass is 10.1. The lowest BCUT2D eigenvalue weighted by molar-refractivity contribution is 0.626. The van der Waals surface area contributed by atoms with Crippen molar-refractivity contribution < 1.29 is 4.39 Å². The lowest BCUT2D eigenvalue weighted by Crippen LogP contribution is -1.88. The van der Waals surface area contributed by atoms with Crippen LogP contribution in [-0.2, 0) is 0 Å². The molecule has 1 rings (SSSR count). The smallest absolute Gasteiger partial charge is 0.124 e. The van der Waals surface area contributed by atoms with Crippen molar-refractivity contribution in [3.05, 3.63) is 35.1 Å². The van der Waals surface area contributed by atoms with Crippen molar-refractivity contribution in [2.75, 3.05) is 0 Å². The van der Waals surface area contributed by atoms with E-state index in [-0.39, 0.29) is 5.82 Å². The average Bonchev–Trinajstić information content (AvgIpc) is 1.85. The number of benzene rings is 1. The minimum Gasteiger partial charge on any atom is -0.323 e. The number of nitrogens with two attached hydrogens (primary N) is 1. The molecule has 3 heteroatoms. The molecule has 2 nitrogen and oxygen atoms in total. The Hall–Kier alpha value is -1.38. The fourth-order valence-corrected chi connectivity index (χ4v) is 0.925. The molecule has 2 N–H and O–H groups in total. The molecule has 1 aromatic carbocycles. The number of hydrogen-bond donors (Lipinski definition) is 1. The molecule has 58 valence electrons. The molecule has 0 heterocycles. The van der Waals surface area contributed by atoms with E-state index in [9.17, 15) is 4.39 Å². The summed E-state index contributed by atoms with van der Waals surface area (Å²) in [6, 6.07) is 4.64. The molecular formula is C8H9FN2. The van der Waals surface area contributed by atoms with Crippen LogP contribution in [0.4, 0.5) is 4.39 Å². The summed E-state index contributed by atoms with van der Waals surface area (Å²) in [6.45, 7) is 1.82. The molecule has 0 atom stereocenters. The Morgan fingerprint density at radius 3 is 2.73 bits per heavy atom. The summed E-state index contributed by atoms with van der Waals surface area (Å²) in [7, 11) is 0. The molecule has 0 aliphatic rings. The first-order valence-electron chi connectivity index (χ1n) is 3.23. The minimum absolute atomic E-state index is 0.264. The third kappa shape index (κ3) is 2.04. The second-order valence-corrected chi connectivity index (χ2v) is 2.34. The summed E-state index contributed by atoms with van der Waals surface area (Å²) in [5, 5.41) is 3.30. The van der Waals surface area contributed by atoms with E-state index in [2.05, 4.69) is 5.10 Å². The number of rotatable bonds is 1. The third-order valence-corrected chi connectivity index (χ3v) is 1.29. The molecule has 0 saturated heterocycles. The van der Waals surface area contributed by atoms with Gasteiger partial charge in [-0.2, -0.15) is 5.10 Å². The number of hydrogen-bond acceptors (Lipinski definition) is 2. The summed E-state index contributed by atoms with van der Waals surface area (Å²) in [5.74, 6) is 4.64. The van der Waals surface area contributed by atoms with Crippen molar-refractivity contribution in [1.82, 2.24) is 0 Å². The largest absolute Gasteiger partial charge is 0.323 e. The van der Waals surface area contributed by atoms with Crippen LogP contribution in [-0.4, -0.2) is 6.21 Å². The molecule has 0 radical (unpaired) electrons. The minimum atomic E-state index is -0.264. The lowest BCUT2D eigenvalue weighted by Gasteiger charge is -1.95. The predicted molar refractivity (Wildman–Crippen MR) is 42.9 cm³/mol. The van der Waals surface area contributed by atoms with Gasteiger partial charge in [0, 0.05) is 0 Å². The number of nitrogens with zero attached hydrogens (tertiary/aromatic N) is 1. The molecule has 0 aliphatic carbocycles. The van der Waals surface area contributed by atoms with Crippen LogP contribution >= 0.6 is 0 Å². The molecule has 0 unspecified atom stereocenters. The summed E-state index contributed by atoms with van der Waals surface area (Å²) in [5.41, 5.74) is 1.55. The zero-order chi connectivity index (χ0) is 8.27. The van der Waals surface area contributed by atoms with Crippen molar-refractivity contribution in [3.63, 3.8) is 0 Å². The summed E-state index contributed by atoms with van der Waals surface area (Å²) < 4.78 is 12.6. The Balaban J connectivity index is 3.08. The van der Waals surface area contributed by atoms with Crippen molar-refractivity contribution in [1.29, 1.82) is 0 Å². The summed E-state index contributed by atoms with van der Waals surface area (Å²) in [6.07, 6.45) is 1.41. The van der Waals surface area contributed by atoms with E-state index in [1.165, 1.54) is 18.3 Å². The maximum absolute atomic E-state index is 12.6. The average molecular weight is 152 g/mol. The van der Waals surface area contributed by atoms with E-state index < -0.39 is 0 Å². The van der Waals surface area contributed by atoms with Gasteiger partial charge in [-0.05, 0) is 30.2 Å². The SMILES string of the molecule is Cc1cc(F)cc(C=NN)c1. The van der Waals surface area contributed by atoms with Crippen molar-refractivity contribution in [2.45, 2.75) is 6.92 Å². The van der Waals surface area contributed by atoms with Crippen LogP contribution in [0.25, 0.3) is 0 Å². The van der Waals surface area contributed by atoms with Crippen LogP contribution in [0.15, 0.2) is 23.3 Å². The highest BCUT2D eigenvalue weighted by Crippen LogP contribution is 2.05. The zero-order valence-electron chi connectivity index (χ0n) is 6.21. The molecule has 1 aromatic rings. The number of hydrazone groups is 1. The van der Waals surface area contributed by atoms with Gasteiger partial charge in [-0.1, -0.05) is 6.07 Å². The third-order valence-electron chi connectivity index (χ3n) is 1.29. The first-order chi connectivity index (χ1) is 5.22. The fraction of sp³-hybridized carbons (Fsp3) is 0.125. The van der Waals surface area contributed by atoms with E-state index in [0.717, 1.165) is 5.56 Å². The fourth-order valence-electron chi connectivity index (χ4n) is 0.925. The molecule has 11 heavy (non-hydrogen) atoms. The van der Waals surface area contributed by atoms with Crippen LogP contribution in [0.1, 0.15) is 11.1 Å². The van der Waals surface area contributed by atoms with Crippen LogP contribution in [0.2, 0.25) is 0 Å². The molecular weight excluding hydrogens is 143 g/mol. The van der Waals surface area contributed by atoms with E-state index in [0.29, 0.717) is 5.56 Å². The van der Waals surface area contributed by atoms with Crippen molar-refractivity contribution >= 4 is 6.21 Å². The highest BCUT2D eigenvalue weighted by atomic mass is 19.1. The van der Waals surface area contributed by atoms with Gasteiger partial charge in [-0.15, -0.1) is 0 Å². The van der Waals surface area contributed by atoms with Gasteiger partial charge in [0.15, 0.2) is 0 Å². The predicted octanol–water partition coefficient (Wildman–Crippen LogP) is 1.43. The number of halogens is 1. The van der Waals surface area contributed by atoms with Gasteiger partial charge >= 0.3 is 0 Å². The first kappa shape index (κ1) is 7.72. The van der Waals surface area contributed by atoms with E-state index >= 15 is 0 Å². The monoisotopic (exact) mass is 152 g/mol. The van der Waals surface area contributed by atoms with Gasteiger partial charge in [0.1, 0.15) is 5.82 Å². The Kier molecular flexibility index (Phi) is 2.21. The summed E-state index contributed by atoms with van der Waals surface area (Å²) in [4.78, 5) is 0. The Labute approximate surface area is 64.5 Å². The molecule has 0 saturated carbocycles. The van der Waals surface area contributed by atoms with Crippen LogP contribution in [0.5, 0.6) is 0 Å². The highest BCUT2D eigenvalue weighted by molar-refractivity contribution is 5.79. The summed E-state index contributed by atoms with van der Waals surface area (Å²) >= 11 is 0. The second-order valence-electron chi connectivity index (χ2n) is 2.34. The zero-order valence-corrected chi connectivity index (χ0v) is 6.21. The van der Waals surface area contributed by atoms with Gasteiger partial charge in [0.25, 0.3) is 0 Å². The first-order valence-corrected chi connectivity index (χ1v) is 3.23.